The van der Waals surface area contributed by atoms with Crippen molar-refractivity contribution in [2.24, 2.45) is 17.8 Å². The molecule has 1 aromatic rings. The number of allylic oxidation sites excluding steroid dienone is 1. The van der Waals surface area contributed by atoms with E-state index < -0.39 is 56.7 Å². The zero-order valence-corrected chi connectivity index (χ0v) is 25.5. The SMILES string of the molecule is COc1cc(C#N)cc(NC(=O)O[C@@H]2C[C@H]3C(=O)N[C@]4(C(=O)NS(=O)(=O)C5CC5)C[C@@H]4/C=C\CCCCN(C)C(=O)[C@@H]3C2)c1. The Morgan fingerprint density at radius 1 is 1.14 bits per heavy atom. The lowest BCUT2D eigenvalue weighted by atomic mass is 9.93. The molecule has 0 saturated heterocycles. The third kappa shape index (κ3) is 6.83. The number of nitrogens with zero attached hydrogens (tertiary/aromatic N) is 2. The molecule has 236 valence electrons. The van der Waals surface area contributed by atoms with Gasteiger partial charge in [0.25, 0.3) is 5.91 Å². The predicted molar refractivity (Wildman–Crippen MR) is 158 cm³/mol. The maximum Gasteiger partial charge on any atom is 0.411 e. The van der Waals surface area contributed by atoms with Gasteiger partial charge >= 0.3 is 6.09 Å². The average molecular weight is 628 g/mol. The number of sulfonamides is 1. The van der Waals surface area contributed by atoms with E-state index in [9.17, 15) is 32.9 Å². The van der Waals surface area contributed by atoms with Gasteiger partial charge in [0, 0.05) is 31.3 Å². The maximum absolute atomic E-state index is 13.8. The van der Waals surface area contributed by atoms with Gasteiger partial charge in [-0.1, -0.05) is 12.2 Å². The van der Waals surface area contributed by atoms with E-state index in [-0.39, 0.29) is 42.3 Å². The topological polar surface area (TPSA) is 184 Å². The van der Waals surface area contributed by atoms with E-state index in [1.54, 1.807) is 11.9 Å². The van der Waals surface area contributed by atoms with Crippen LogP contribution in [0.1, 0.15) is 56.9 Å². The first kappa shape index (κ1) is 31.3. The van der Waals surface area contributed by atoms with Crippen molar-refractivity contribution >= 4 is 39.5 Å². The van der Waals surface area contributed by atoms with Crippen LogP contribution in [0.25, 0.3) is 0 Å². The van der Waals surface area contributed by atoms with Crippen LogP contribution in [0, 0.1) is 29.1 Å². The van der Waals surface area contributed by atoms with Gasteiger partial charge in [-0.15, -0.1) is 0 Å². The molecule has 14 heteroatoms. The molecule has 4 amide bonds. The van der Waals surface area contributed by atoms with Gasteiger partial charge < -0.3 is 19.7 Å². The van der Waals surface area contributed by atoms with Crippen molar-refractivity contribution in [3.8, 4) is 11.8 Å². The summed E-state index contributed by atoms with van der Waals surface area (Å²) in [6, 6.07) is 6.48. The number of nitrogens with one attached hydrogen (secondary N) is 3. The lowest BCUT2D eigenvalue weighted by molar-refractivity contribution is -0.140. The van der Waals surface area contributed by atoms with Gasteiger partial charge in [-0.25, -0.2) is 13.2 Å². The molecule has 5 atom stereocenters. The second-order valence-corrected chi connectivity index (χ2v) is 14.0. The van der Waals surface area contributed by atoms with Crippen LogP contribution in [-0.2, 0) is 29.1 Å². The van der Waals surface area contributed by atoms with Crippen molar-refractivity contribution in [1.29, 1.82) is 5.26 Å². The number of rotatable bonds is 6. The molecule has 1 heterocycles. The molecule has 0 radical (unpaired) electrons. The fourth-order valence-electron chi connectivity index (χ4n) is 6.04. The van der Waals surface area contributed by atoms with Crippen molar-refractivity contribution in [2.75, 3.05) is 26.0 Å². The van der Waals surface area contributed by atoms with Crippen LogP contribution in [0.3, 0.4) is 0 Å². The van der Waals surface area contributed by atoms with E-state index in [1.165, 1.54) is 25.3 Å². The molecule has 0 aromatic heterocycles. The van der Waals surface area contributed by atoms with E-state index in [1.807, 2.05) is 18.2 Å². The molecule has 3 saturated carbocycles. The van der Waals surface area contributed by atoms with Gasteiger partial charge in [-0.05, 0) is 63.5 Å². The molecule has 0 spiro atoms. The zero-order chi connectivity index (χ0) is 31.6. The smallest absolute Gasteiger partial charge is 0.411 e. The van der Waals surface area contributed by atoms with E-state index in [2.05, 4.69) is 15.4 Å². The number of benzene rings is 1. The maximum atomic E-state index is 13.8. The molecular formula is C30H37N5O8S. The highest BCUT2D eigenvalue weighted by molar-refractivity contribution is 7.91. The molecule has 0 bridgehead atoms. The average Bonchev–Trinajstić information content (AvgIpc) is 3.91. The number of hydrogen-bond acceptors (Lipinski definition) is 9. The molecule has 44 heavy (non-hydrogen) atoms. The van der Waals surface area contributed by atoms with Crippen LogP contribution in [-0.4, -0.2) is 74.7 Å². The Kier molecular flexibility index (Phi) is 8.88. The Bertz CT molecular complexity index is 1520. The minimum Gasteiger partial charge on any atom is -0.497 e. The lowest BCUT2D eigenvalue weighted by Crippen LogP contribution is -2.54. The van der Waals surface area contributed by atoms with Crippen LogP contribution in [0.2, 0.25) is 0 Å². The second kappa shape index (κ2) is 12.5. The first-order valence-electron chi connectivity index (χ1n) is 14.8. The van der Waals surface area contributed by atoms with Crippen LogP contribution in [0.4, 0.5) is 10.5 Å². The highest BCUT2D eigenvalue weighted by atomic mass is 32.2. The third-order valence-corrected chi connectivity index (χ3v) is 10.6. The Morgan fingerprint density at radius 2 is 1.89 bits per heavy atom. The normalized spacial score (nSPS) is 29.5. The molecule has 5 rings (SSSR count). The van der Waals surface area contributed by atoms with Crippen LogP contribution >= 0.6 is 0 Å². The molecule has 3 aliphatic carbocycles. The first-order chi connectivity index (χ1) is 21.0. The Labute approximate surface area is 256 Å². The number of hydrogen-bond donors (Lipinski definition) is 3. The standard InChI is InChI=1S/C30H37N5O8S/c1-35-10-6-4-3-5-7-19-16-30(19,28(38)34-44(40,41)23-8-9-23)33-26(36)24-14-22(15-25(24)27(35)37)43-29(39)32-20-11-18(17-31)12-21(13-20)42-2/h5,7,11-13,19,22-25H,3-4,6,8-10,14-16H2,1-2H3,(H,32,39)(H,33,36)(H,34,38)/b7-5-/t19-,22+,24+,25+,30+/m0/s1. The largest absolute Gasteiger partial charge is 0.497 e. The van der Waals surface area contributed by atoms with Gasteiger partial charge in [-0.3, -0.25) is 24.4 Å². The van der Waals surface area contributed by atoms with Crippen molar-refractivity contribution in [3.63, 3.8) is 0 Å². The quantitative estimate of drug-likeness (QED) is 0.398. The number of anilines is 1. The van der Waals surface area contributed by atoms with Crippen molar-refractivity contribution < 1.29 is 37.1 Å². The first-order valence-corrected chi connectivity index (χ1v) is 16.4. The van der Waals surface area contributed by atoms with Crippen LogP contribution in [0.5, 0.6) is 5.75 Å². The summed E-state index contributed by atoms with van der Waals surface area (Å²) >= 11 is 0. The van der Waals surface area contributed by atoms with Crippen molar-refractivity contribution in [1.82, 2.24) is 14.9 Å². The number of fused-ring (bicyclic) bond motifs is 2. The predicted octanol–water partition coefficient (Wildman–Crippen LogP) is 2.19. The van der Waals surface area contributed by atoms with Gasteiger partial charge in [-0.2, -0.15) is 5.26 Å². The molecule has 3 N–H and O–H groups in total. The fraction of sp³-hybridized carbons (Fsp3) is 0.567. The summed E-state index contributed by atoms with van der Waals surface area (Å²) in [5, 5.41) is 14.0. The highest BCUT2D eigenvalue weighted by Gasteiger charge is 2.62. The summed E-state index contributed by atoms with van der Waals surface area (Å²) in [6.07, 6.45) is 5.74. The summed E-state index contributed by atoms with van der Waals surface area (Å²) in [6.45, 7) is 0.495. The van der Waals surface area contributed by atoms with Gasteiger partial charge in [0.05, 0.1) is 35.8 Å². The monoisotopic (exact) mass is 627 g/mol. The van der Waals surface area contributed by atoms with E-state index in [0.29, 0.717) is 31.6 Å². The Balaban J connectivity index is 1.34. The third-order valence-electron chi connectivity index (χ3n) is 8.79. The minimum absolute atomic E-state index is 0.0314. The number of nitriles is 1. The lowest BCUT2D eigenvalue weighted by Gasteiger charge is -2.26. The molecular weight excluding hydrogens is 590 g/mol. The van der Waals surface area contributed by atoms with Crippen LogP contribution < -0.4 is 20.1 Å². The minimum atomic E-state index is -3.84. The van der Waals surface area contributed by atoms with Crippen LogP contribution in [0.15, 0.2) is 30.4 Å². The fourth-order valence-corrected chi connectivity index (χ4v) is 7.41. The molecule has 1 aliphatic heterocycles. The summed E-state index contributed by atoms with van der Waals surface area (Å²) < 4.78 is 38.1. The second-order valence-electron chi connectivity index (χ2n) is 12.0. The van der Waals surface area contributed by atoms with Crippen molar-refractivity contribution in [3.05, 3.63) is 35.9 Å². The van der Waals surface area contributed by atoms with E-state index in [0.717, 1.165) is 12.8 Å². The molecule has 4 aliphatic rings. The number of amides is 4. The Hall–Kier alpha value is -4.12. The summed E-state index contributed by atoms with van der Waals surface area (Å²) in [4.78, 5) is 55.1. The number of methoxy groups -OCH3 is 1. The van der Waals surface area contributed by atoms with Crippen molar-refractivity contribution in [2.45, 2.75) is 68.3 Å². The van der Waals surface area contributed by atoms with E-state index in [4.69, 9.17) is 9.47 Å². The molecule has 13 nitrogen and oxygen atoms in total. The summed E-state index contributed by atoms with van der Waals surface area (Å²) in [5.41, 5.74) is -0.899. The molecule has 1 aromatic carbocycles. The number of carbonyl (C=O) groups excluding carboxylic acids is 4. The highest BCUT2D eigenvalue weighted by Crippen LogP contribution is 2.47. The molecule has 0 unspecified atom stereocenters. The zero-order valence-electron chi connectivity index (χ0n) is 24.7. The molecule has 3 fully saturated rings. The summed E-state index contributed by atoms with van der Waals surface area (Å²) in [5.74, 6) is -3.36. The van der Waals surface area contributed by atoms with E-state index >= 15 is 0 Å². The number of carbonyl (C=O) groups is 4. The van der Waals surface area contributed by atoms with Gasteiger partial charge in [0.15, 0.2) is 0 Å². The van der Waals surface area contributed by atoms with Gasteiger partial charge in [0.1, 0.15) is 17.4 Å². The summed E-state index contributed by atoms with van der Waals surface area (Å²) in [7, 11) is -0.740. The Morgan fingerprint density at radius 3 is 2.59 bits per heavy atom. The number of ether oxygens (including phenoxy) is 2. The van der Waals surface area contributed by atoms with Gasteiger partial charge in [0.2, 0.25) is 21.8 Å².